The zero-order chi connectivity index (χ0) is 31.5. The van der Waals surface area contributed by atoms with Crippen molar-refractivity contribution in [1.29, 1.82) is 0 Å². The van der Waals surface area contributed by atoms with E-state index in [-0.39, 0.29) is 5.54 Å². The maximum absolute atomic E-state index is 6.57. The van der Waals surface area contributed by atoms with Gasteiger partial charge in [0.1, 0.15) is 11.5 Å². The number of benzene rings is 6. The number of nitrogens with zero attached hydrogens (tertiary/aromatic N) is 4. The third-order valence-electron chi connectivity index (χ3n) is 10.7. The lowest BCUT2D eigenvalue weighted by atomic mass is 9.61. The first-order valence-corrected chi connectivity index (χ1v) is 16.2. The SMILES string of the molecule is CN1c2nc3ccccc3n2-c2ccc(N3c4ccccc4C4(c5ccccc5Oc5ccccc54)c4ccccc43)cc2C1(C)C. The van der Waals surface area contributed by atoms with E-state index in [0.717, 1.165) is 56.7 Å². The van der Waals surface area contributed by atoms with E-state index >= 15 is 0 Å². The Morgan fingerprint density at radius 2 is 1.11 bits per heavy atom. The van der Waals surface area contributed by atoms with Gasteiger partial charge in [-0.15, -0.1) is 0 Å². The van der Waals surface area contributed by atoms with E-state index in [9.17, 15) is 0 Å². The first-order chi connectivity index (χ1) is 23.0. The number of imidazole rings is 1. The van der Waals surface area contributed by atoms with Gasteiger partial charge in [-0.2, -0.15) is 0 Å². The lowest BCUT2D eigenvalue weighted by Crippen LogP contribution is -2.44. The molecule has 5 nitrogen and oxygen atoms in total. The van der Waals surface area contributed by atoms with Gasteiger partial charge in [-0.05, 0) is 79.6 Å². The van der Waals surface area contributed by atoms with Crippen LogP contribution in [0.1, 0.15) is 41.7 Å². The van der Waals surface area contributed by atoms with Crippen LogP contribution in [0.4, 0.5) is 23.0 Å². The summed E-state index contributed by atoms with van der Waals surface area (Å²) in [5.74, 6) is 2.75. The highest BCUT2D eigenvalue weighted by Crippen LogP contribution is 2.62. The van der Waals surface area contributed by atoms with Crippen molar-refractivity contribution in [2.75, 3.05) is 16.8 Å². The molecule has 0 N–H and O–H groups in total. The number of hydrogen-bond acceptors (Lipinski definition) is 4. The molecular weight excluding hydrogens is 576 g/mol. The Balaban J connectivity index is 1.26. The van der Waals surface area contributed by atoms with Gasteiger partial charge >= 0.3 is 0 Å². The third kappa shape index (κ3) is 3.26. The van der Waals surface area contributed by atoms with Crippen LogP contribution in [0.5, 0.6) is 11.5 Å². The summed E-state index contributed by atoms with van der Waals surface area (Å²) in [5, 5.41) is 0. The van der Waals surface area contributed by atoms with Gasteiger partial charge < -0.3 is 14.5 Å². The molecule has 3 aliphatic heterocycles. The summed E-state index contributed by atoms with van der Waals surface area (Å²) in [4.78, 5) is 9.81. The fraction of sp³-hybridized carbons (Fsp3) is 0.119. The van der Waals surface area contributed by atoms with Crippen LogP contribution in [0.15, 0.2) is 140 Å². The number of hydrogen-bond donors (Lipinski definition) is 0. The summed E-state index contributed by atoms with van der Waals surface area (Å²) in [6.45, 7) is 4.59. The maximum Gasteiger partial charge on any atom is 0.211 e. The topological polar surface area (TPSA) is 33.5 Å². The molecular formula is C42H32N4O. The largest absolute Gasteiger partial charge is 0.457 e. The highest BCUT2D eigenvalue weighted by atomic mass is 16.5. The fourth-order valence-corrected chi connectivity index (χ4v) is 8.35. The van der Waals surface area contributed by atoms with E-state index in [1.165, 1.54) is 22.4 Å². The second-order valence-electron chi connectivity index (χ2n) is 13.3. The van der Waals surface area contributed by atoms with Gasteiger partial charge in [-0.25, -0.2) is 4.98 Å². The lowest BCUT2D eigenvalue weighted by molar-refractivity contribution is 0.434. The van der Waals surface area contributed by atoms with Crippen LogP contribution in [-0.4, -0.2) is 16.6 Å². The Bertz CT molecular complexity index is 2330. The number of aromatic nitrogens is 2. The van der Waals surface area contributed by atoms with Gasteiger partial charge in [0.25, 0.3) is 0 Å². The lowest BCUT2D eigenvalue weighted by Gasteiger charge is -2.49. The summed E-state index contributed by atoms with van der Waals surface area (Å²) in [6.07, 6.45) is 0. The summed E-state index contributed by atoms with van der Waals surface area (Å²) < 4.78 is 8.88. The molecule has 5 heteroatoms. The highest BCUT2D eigenvalue weighted by molar-refractivity contribution is 5.92. The van der Waals surface area contributed by atoms with Gasteiger partial charge in [-0.1, -0.05) is 84.9 Å². The second-order valence-corrected chi connectivity index (χ2v) is 13.3. The molecule has 226 valence electrons. The number of rotatable bonds is 1. The monoisotopic (exact) mass is 608 g/mol. The molecule has 0 bridgehead atoms. The average molecular weight is 609 g/mol. The van der Waals surface area contributed by atoms with Crippen LogP contribution in [0.25, 0.3) is 16.7 Å². The maximum atomic E-state index is 6.57. The number of anilines is 4. The van der Waals surface area contributed by atoms with Crippen molar-refractivity contribution >= 4 is 34.0 Å². The molecule has 7 aromatic rings. The van der Waals surface area contributed by atoms with E-state index in [0.29, 0.717) is 0 Å². The first-order valence-electron chi connectivity index (χ1n) is 16.2. The number of para-hydroxylation sites is 6. The predicted molar refractivity (Wildman–Crippen MR) is 189 cm³/mol. The van der Waals surface area contributed by atoms with Crippen LogP contribution < -0.4 is 14.5 Å². The van der Waals surface area contributed by atoms with Crippen molar-refractivity contribution in [3.63, 3.8) is 0 Å². The molecule has 1 spiro atoms. The van der Waals surface area contributed by atoms with Crippen LogP contribution in [-0.2, 0) is 11.0 Å². The molecule has 0 atom stereocenters. The Morgan fingerprint density at radius 1 is 0.553 bits per heavy atom. The van der Waals surface area contributed by atoms with Crippen molar-refractivity contribution in [2.24, 2.45) is 0 Å². The van der Waals surface area contributed by atoms with Gasteiger partial charge in [0.2, 0.25) is 5.95 Å². The molecule has 10 rings (SSSR count). The summed E-state index contributed by atoms with van der Waals surface area (Å²) in [5.41, 5.74) is 11.9. The minimum absolute atomic E-state index is 0.294. The quantitative estimate of drug-likeness (QED) is 0.186. The third-order valence-corrected chi connectivity index (χ3v) is 10.7. The molecule has 1 aromatic heterocycles. The number of fused-ring (bicyclic) bond motifs is 13. The molecule has 0 saturated carbocycles. The van der Waals surface area contributed by atoms with E-state index < -0.39 is 5.41 Å². The van der Waals surface area contributed by atoms with E-state index in [1.807, 2.05) is 0 Å². The van der Waals surface area contributed by atoms with E-state index in [2.05, 4.69) is 175 Å². The zero-order valence-electron chi connectivity index (χ0n) is 26.5. The van der Waals surface area contributed by atoms with Gasteiger partial charge in [0.05, 0.1) is 39.0 Å². The molecule has 0 radical (unpaired) electrons. The first kappa shape index (κ1) is 26.4. The average Bonchev–Trinajstić information content (AvgIpc) is 3.50. The van der Waals surface area contributed by atoms with Crippen LogP contribution in [0, 0.1) is 0 Å². The molecule has 47 heavy (non-hydrogen) atoms. The van der Waals surface area contributed by atoms with Crippen molar-refractivity contribution < 1.29 is 4.74 Å². The van der Waals surface area contributed by atoms with Gasteiger partial charge in [-0.3, -0.25) is 4.57 Å². The molecule has 4 heterocycles. The summed E-state index contributed by atoms with van der Waals surface area (Å²) in [7, 11) is 2.16. The van der Waals surface area contributed by atoms with Crippen LogP contribution in [0.2, 0.25) is 0 Å². The minimum atomic E-state index is -0.548. The van der Waals surface area contributed by atoms with Crippen molar-refractivity contribution in [3.05, 3.63) is 167 Å². The normalized spacial score (nSPS) is 16.0. The molecule has 6 aromatic carbocycles. The Kier molecular flexibility index (Phi) is 5.13. The van der Waals surface area contributed by atoms with Crippen LogP contribution in [0.3, 0.4) is 0 Å². The number of ether oxygens (including phenoxy) is 1. The van der Waals surface area contributed by atoms with Crippen molar-refractivity contribution in [2.45, 2.75) is 24.8 Å². The highest BCUT2D eigenvalue weighted by Gasteiger charge is 2.51. The van der Waals surface area contributed by atoms with Crippen molar-refractivity contribution in [3.8, 4) is 17.2 Å². The fourth-order valence-electron chi connectivity index (χ4n) is 8.35. The molecule has 0 aliphatic carbocycles. The summed E-state index contributed by atoms with van der Waals surface area (Å²) >= 11 is 0. The standard InChI is InChI=1S/C42H32N4O/c1-41(2)32-26-27(24-25-36(32)46-37-21-11-8-18-33(37)43-40(46)44(41)3)45-34-19-9-4-14-28(34)42(29-15-5-10-20-35(29)45)30-16-6-12-22-38(30)47-39-23-13-7-17-31(39)42/h4-26H,1-3H3. The molecule has 0 unspecified atom stereocenters. The molecule has 0 amide bonds. The van der Waals surface area contributed by atoms with Gasteiger partial charge in [0.15, 0.2) is 0 Å². The van der Waals surface area contributed by atoms with Crippen LogP contribution >= 0.6 is 0 Å². The molecule has 0 saturated heterocycles. The molecule has 3 aliphatic rings. The zero-order valence-corrected chi connectivity index (χ0v) is 26.5. The minimum Gasteiger partial charge on any atom is -0.457 e. The predicted octanol–water partition coefficient (Wildman–Crippen LogP) is 9.98. The Morgan fingerprint density at radius 3 is 1.77 bits per heavy atom. The van der Waals surface area contributed by atoms with Crippen molar-refractivity contribution in [1.82, 2.24) is 9.55 Å². The summed E-state index contributed by atoms with van der Waals surface area (Å²) in [6, 6.07) is 50.2. The smallest absolute Gasteiger partial charge is 0.211 e. The van der Waals surface area contributed by atoms with E-state index in [4.69, 9.17) is 9.72 Å². The molecule has 0 fully saturated rings. The van der Waals surface area contributed by atoms with Gasteiger partial charge in [0, 0.05) is 29.4 Å². The Hall–Kier alpha value is -5.81. The second kappa shape index (κ2) is 9.14. The Labute approximate surface area is 273 Å². The van der Waals surface area contributed by atoms with E-state index in [1.54, 1.807) is 0 Å².